The highest BCUT2D eigenvalue weighted by Gasteiger charge is 2.55. The summed E-state index contributed by atoms with van der Waals surface area (Å²) >= 11 is 0. The molecule has 2 aromatic carbocycles. The van der Waals surface area contributed by atoms with Crippen LogP contribution in [0.2, 0.25) is 0 Å². The van der Waals surface area contributed by atoms with E-state index in [2.05, 4.69) is 27.5 Å². The lowest BCUT2D eigenvalue weighted by Gasteiger charge is -2.32. The molecule has 8 nitrogen and oxygen atoms in total. The van der Waals surface area contributed by atoms with Crippen molar-refractivity contribution in [1.29, 1.82) is 0 Å². The molecule has 2 N–H and O–H groups in total. The number of carbonyl (C=O) groups is 2. The Morgan fingerprint density at radius 1 is 1.16 bits per heavy atom. The molecule has 0 bridgehead atoms. The topological polar surface area (TPSA) is 108 Å². The number of nitrogens with zero attached hydrogens (tertiary/aromatic N) is 3. The average molecular weight is 432 g/mol. The van der Waals surface area contributed by atoms with Gasteiger partial charge in [0.1, 0.15) is 5.75 Å². The molecule has 0 radical (unpaired) electrons. The van der Waals surface area contributed by atoms with E-state index < -0.39 is 5.97 Å². The Labute approximate surface area is 185 Å². The number of rotatable bonds is 5. The van der Waals surface area contributed by atoms with Crippen molar-refractivity contribution in [1.82, 2.24) is 20.3 Å². The summed E-state index contributed by atoms with van der Waals surface area (Å²) in [7, 11) is 1.58. The van der Waals surface area contributed by atoms with E-state index in [-0.39, 0.29) is 16.9 Å². The zero-order valence-electron chi connectivity index (χ0n) is 17.7. The fourth-order valence-corrected chi connectivity index (χ4v) is 4.95. The maximum absolute atomic E-state index is 12.5. The zero-order valence-corrected chi connectivity index (χ0v) is 17.7. The first-order valence-corrected chi connectivity index (χ1v) is 10.7. The number of aromatic carboxylic acids is 1. The van der Waals surface area contributed by atoms with Crippen molar-refractivity contribution in [3.63, 3.8) is 0 Å². The molecule has 1 aliphatic carbocycles. The minimum absolute atomic E-state index is 0.0623. The van der Waals surface area contributed by atoms with Crippen LogP contribution in [-0.4, -0.2) is 57.5 Å². The van der Waals surface area contributed by atoms with Crippen molar-refractivity contribution in [3.05, 3.63) is 65.5 Å². The molecule has 1 saturated carbocycles. The molecule has 2 fully saturated rings. The van der Waals surface area contributed by atoms with E-state index in [0.29, 0.717) is 17.4 Å². The Kier molecular flexibility index (Phi) is 4.92. The molecular formula is C24H24N4O4. The number of amides is 1. The zero-order chi connectivity index (χ0) is 22.3. The van der Waals surface area contributed by atoms with E-state index in [0.717, 1.165) is 43.5 Å². The Balaban J connectivity index is 1.28. The Hall–Kier alpha value is -3.68. The summed E-state index contributed by atoms with van der Waals surface area (Å²) in [6.45, 7) is 1.47. The van der Waals surface area contributed by atoms with E-state index in [4.69, 9.17) is 4.74 Å². The molecule has 2 aliphatic rings. The number of carbonyl (C=O) groups excluding carboxylic acids is 1. The number of methoxy groups -OCH3 is 1. The normalized spacial score (nSPS) is 19.0. The number of nitrogens with one attached hydrogen (secondary N) is 1. The second-order valence-corrected chi connectivity index (χ2v) is 8.61. The molecule has 1 spiro atoms. The Morgan fingerprint density at radius 3 is 2.53 bits per heavy atom. The number of carboxylic acid groups (broad SMARTS) is 1. The molecule has 32 heavy (non-hydrogen) atoms. The highest BCUT2D eigenvalue weighted by molar-refractivity contribution is 5.92. The van der Waals surface area contributed by atoms with E-state index in [1.54, 1.807) is 25.3 Å². The summed E-state index contributed by atoms with van der Waals surface area (Å²) in [5.41, 5.74) is 3.85. The van der Waals surface area contributed by atoms with Crippen molar-refractivity contribution in [2.24, 2.45) is 5.41 Å². The molecule has 1 aliphatic heterocycles. The number of aromatic amines is 1. The third-order valence-corrected chi connectivity index (χ3v) is 6.94. The first kappa shape index (κ1) is 20.2. The molecule has 164 valence electrons. The SMILES string of the molecule is COc1ccc(C(=O)O)cc1-c1ccc([C@@H]2CC23CCN(C(=O)c2cn[nH]n2)CC3)cc1. The highest BCUT2D eigenvalue weighted by Crippen LogP contribution is 2.65. The lowest BCUT2D eigenvalue weighted by Crippen LogP contribution is -2.39. The van der Waals surface area contributed by atoms with Gasteiger partial charge in [-0.3, -0.25) is 4.79 Å². The van der Waals surface area contributed by atoms with Gasteiger partial charge in [0.25, 0.3) is 5.91 Å². The van der Waals surface area contributed by atoms with Crippen molar-refractivity contribution in [3.8, 4) is 16.9 Å². The molecule has 3 aromatic rings. The minimum Gasteiger partial charge on any atom is -0.496 e. The summed E-state index contributed by atoms with van der Waals surface area (Å²) in [5.74, 6) is 0.120. The monoisotopic (exact) mass is 432 g/mol. The highest BCUT2D eigenvalue weighted by atomic mass is 16.5. The number of hydrogen-bond donors (Lipinski definition) is 2. The van der Waals surface area contributed by atoms with E-state index >= 15 is 0 Å². The van der Waals surface area contributed by atoms with Crippen LogP contribution < -0.4 is 4.74 Å². The maximum atomic E-state index is 12.5. The van der Waals surface area contributed by atoms with Gasteiger partial charge in [0.15, 0.2) is 5.69 Å². The number of ether oxygens (including phenoxy) is 1. The number of aromatic nitrogens is 3. The van der Waals surface area contributed by atoms with Crippen molar-refractivity contribution >= 4 is 11.9 Å². The number of carboxylic acids is 1. The number of likely N-dealkylation sites (tertiary alicyclic amines) is 1. The van der Waals surface area contributed by atoms with Gasteiger partial charge in [0.2, 0.25) is 0 Å². The lowest BCUT2D eigenvalue weighted by atomic mass is 9.88. The van der Waals surface area contributed by atoms with Crippen LogP contribution in [0.1, 0.15) is 51.6 Å². The first-order valence-electron chi connectivity index (χ1n) is 10.7. The van der Waals surface area contributed by atoms with E-state index in [9.17, 15) is 14.7 Å². The number of benzene rings is 2. The molecule has 8 heteroatoms. The molecule has 0 unspecified atom stereocenters. The van der Waals surface area contributed by atoms with Crippen molar-refractivity contribution in [2.45, 2.75) is 25.2 Å². The fourth-order valence-electron chi connectivity index (χ4n) is 4.95. The van der Waals surface area contributed by atoms with Gasteiger partial charge in [0, 0.05) is 18.7 Å². The lowest BCUT2D eigenvalue weighted by molar-refractivity contribution is 0.0666. The Morgan fingerprint density at radius 2 is 1.91 bits per heavy atom. The van der Waals surface area contributed by atoms with Gasteiger partial charge in [-0.05, 0) is 59.9 Å². The van der Waals surface area contributed by atoms with E-state index in [1.807, 2.05) is 17.0 Å². The predicted octanol–water partition coefficient (Wildman–Crippen LogP) is 3.59. The fraction of sp³-hybridized carbons (Fsp3) is 0.333. The molecule has 1 saturated heterocycles. The molecule has 1 aromatic heterocycles. The van der Waals surface area contributed by atoms with Crippen LogP contribution in [0.15, 0.2) is 48.7 Å². The van der Waals surface area contributed by atoms with Gasteiger partial charge in [-0.25, -0.2) is 4.79 Å². The maximum Gasteiger partial charge on any atom is 0.335 e. The van der Waals surface area contributed by atoms with Crippen LogP contribution in [0, 0.1) is 5.41 Å². The second-order valence-electron chi connectivity index (χ2n) is 8.61. The summed E-state index contributed by atoms with van der Waals surface area (Å²) < 4.78 is 5.44. The number of piperidine rings is 1. The van der Waals surface area contributed by atoms with Crippen molar-refractivity contribution in [2.75, 3.05) is 20.2 Å². The van der Waals surface area contributed by atoms with Crippen LogP contribution in [0.3, 0.4) is 0 Å². The minimum atomic E-state index is -0.959. The van der Waals surface area contributed by atoms with Gasteiger partial charge in [-0.2, -0.15) is 15.4 Å². The van der Waals surface area contributed by atoms with Gasteiger partial charge >= 0.3 is 5.97 Å². The number of hydrogen-bond acceptors (Lipinski definition) is 5. The van der Waals surface area contributed by atoms with Gasteiger partial charge < -0.3 is 14.7 Å². The summed E-state index contributed by atoms with van der Waals surface area (Å²) in [6, 6.07) is 13.2. The predicted molar refractivity (Wildman–Crippen MR) is 117 cm³/mol. The molecule has 1 amide bonds. The van der Waals surface area contributed by atoms with Crippen LogP contribution in [-0.2, 0) is 0 Å². The molecule has 5 rings (SSSR count). The number of H-pyrrole nitrogens is 1. The van der Waals surface area contributed by atoms with Gasteiger partial charge in [0.05, 0.1) is 18.9 Å². The summed E-state index contributed by atoms with van der Waals surface area (Å²) in [6.07, 6.45) is 4.57. The summed E-state index contributed by atoms with van der Waals surface area (Å²) in [4.78, 5) is 25.7. The Bertz CT molecular complexity index is 1150. The van der Waals surface area contributed by atoms with Crippen LogP contribution in [0.25, 0.3) is 11.1 Å². The van der Waals surface area contributed by atoms with Gasteiger partial charge in [-0.1, -0.05) is 24.3 Å². The largest absolute Gasteiger partial charge is 0.496 e. The average Bonchev–Trinajstić information content (AvgIpc) is 3.24. The van der Waals surface area contributed by atoms with Crippen molar-refractivity contribution < 1.29 is 19.4 Å². The standard InChI is InChI=1S/C24H24N4O4/c1-32-21-7-6-17(23(30)31)12-18(21)15-2-4-16(5-3-15)19-13-24(19)8-10-28(11-9-24)22(29)20-14-25-27-26-20/h2-7,12,14,19H,8-11,13H2,1H3,(H,30,31)(H,25,26,27)/t19-/m0/s1. The third-order valence-electron chi connectivity index (χ3n) is 6.94. The smallest absolute Gasteiger partial charge is 0.335 e. The first-order chi connectivity index (χ1) is 15.5. The van der Waals surface area contributed by atoms with Crippen LogP contribution in [0.5, 0.6) is 5.75 Å². The van der Waals surface area contributed by atoms with Crippen LogP contribution in [0.4, 0.5) is 0 Å². The molecule has 1 atom stereocenters. The summed E-state index contributed by atoms with van der Waals surface area (Å²) in [5, 5.41) is 19.4. The van der Waals surface area contributed by atoms with Crippen LogP contribution >= 0.6 is 0 Å². The van der Waals surface area contributed by atoms with Gasteiger partial charge in [-0.15, -0.1) is 0 Å². The molecule has 2 heterocycles. The molecular weight excluding hydrogens is 408 g/mol. The second kappa shape index (κ2) is 7.78. The van der Waals surface area contributed by atoms with E-state index in [1.165, 1.54) is 11.8 Å². The third kappa shape index (κ3) is 3.51. The quantitative estimate of drug-likeness (QED) is 0.638.